The molecule has 1 aliphatic rings. The Bertz CT molecular complexity index is 497. The molecule has 2 N–H and O–H groups in total. The van der Waals surface area contributed by atoms with E-state index in [1.807, 2.05) is 13.1 Å². The molecular weight excluding hydrogens is 300 g/mol. The monoisotopic (exact) mass is 332 g/mol. The molecule has 1 aliphatic heterocycles. The number of aliphatic imine (C=N–C) groups is 1. The lowest BCUT2D eigenvalue weighted by molar-refractivity contribution is 0.00751. The number of rotatable bonds is 6. The molecule has 1 saturated heterocycles. The second-order valence-electron chi connectivity index (χ2n) is 6.69. The van der Waals surface area contributed by atoms with Crippen LogP contribution in [0.2, 0.25) is 0 Å². The molecule has 2 atom stereocenters. The van der Waals surface area contributed by atoms with E-state index in [1.165, 1.54) is 5.56 Å². The van der Waals surface area contributed by atoms with Crippen molar-refractivity contribution in [2.45, 2.75) is 32.9 Å². The average Bonchev–Trinajstić information content (AvgIpc) is 2.62. The molecule has 1 aromatic rings. The molecule has 1 aromatic carbocycles. The summed E-state index contributed by atoms with van der Waals surface area (Å²) in [4.78, 5) is 6.90. The fourth-order valence-electron chi connectivity index (χ4n) is 3.12. The van der Waals surface area contributed by atoms with Crippen molar-refractivity contribution in [1.29, 1.82) is 0 Å². The summed E-state index contributed by atoms with van der Waals surface area (Å²) in [6, 6.07) is 11.1. The van der Waals surface area contributed by atoms with Crippen molar-refractivity contribution < 1.29 is 4.74 Å². The van der Waals surface area contributed by atoms with Gasteiger partial charge in [0.1, 0.15) is 0 Å². The summed E-state index contributed by atoms with van der Waals surface area (Å²) >= 11 is 0. The van der Waals surface area contributed by atoms with Gasteiger partial charge in [-0.1, -0.05) is 44.2 Å². The first-order valence-corrected chi connectivity index (χ1v) is 8.95. The van der Waals surface area contributed by atoms with Crippen molar-refractivity contribution in [1.82, 2.24) is 15.5 Å². The predicted molar refractivity (Wildman–Crippen MR) is 100 cm³/mol. The number of benzene rings is 1. The zero-order chi connectivity index (χ0) is 17.4. The van der Waals surface area contributed by atoms with Gasteiger partial charge in [-0.25, -0.2) is 0 Å². The number of nitrogens with one attached hydrogen (secondary N) is 2. The number of guanidine groups is 1. The third-order valence-corrected chi connectivity index (χ3v) is 4.64. The zero-order valence-corrected chi connectivity index (χ0v) is 15.5. The van der Waals surface area contributed by atoms with Crippen molar-refractivity contribution in [2.24, 2.45) is 10.9 Å². The average molecular weight is 332 g/mol. The maximum atomic E-state index is 5.48. The van der Waals surface area contributed by atoms with Crippen LogP contribution in [0.5, 0.6) is 0 Å². The maximum Gasteiger partial charge on any atom is 0.191 e. The maximum absolute atomic E-state index is 5.48. The molecule has 0 amide bonds. The number of hydrogen-bond donors (Lipinski definition) is 2. The summed E-state index contributed by atoms with van der Waals surface area (Å²) in [5, 5.41) is 6.98. The van der Waals surface area contributed by atoms with Crippen LogP contribution in [0.1, 0.15) is 32.4 Å². The molecule has 0 aliphatic carbocycles. The lowest BCUT2D eigenvalue weighted by Gasteiger charge is -2.37. The van der Waals surface area contributed by atoms with Crippen molar-refractivity contribution in [3.63, 3.8) is 0 Å². The first kappa shape index (κ1) is 18.7. The Hall–Kier alpha value is -1.59. The zero-order valence-electron chi connectivity index (χ0n) is 15.5. The van der Waals surface area contributed by atoms with E-state index in [9.17, 15) is 0 Å². The smallest absolute Gasteiger partial charge is 0.191 e. The molecule has 1 fully saturated rings. The first-order valence-electron chi connectivity index (χ1n) is 8.95. The number of ether oxygens (including phenoxy) is 1. The third kappa shape index (κ3) is 5.49. The summed E-state index contributed by atoms with van der Waals surface area (Å²) in [5.41, 5.74) is 1.26. The first-order chi connectivity index (χ1) is 11.6. The van der Waals surface area contributed by atoms with Gasteiger partial charge in [-0.2, -0.15) is 0 Å². The molecule has 0 spiro atoms. The van der Waals surface area contributed by atoms with Crippen molar-refractivity contribution >= 4 is 5.96 Å². The van der Waals surface area contributed by atoms with Gasteiger partial charge in [-0.15, -0.1) is 0 Å². The number of hydrogen-bond acceptors (Lipinski definition) is 3. The van der Waals surface area contributed by atoms with Gasteiger partial charge >= 0.3 is 0 Å². The minimum atomic E-state index is 0.221. The molecule has 0 radical (unpaired) electrons. The Labute approximate surface area is 146 Å². The van der Waals surface area contributed by atoms with Crippen LogP contribution in [0.3, 0.4) is 0 Å². The predicted octanol–water partition coefficient (Wildman–Crippen LogP) is 2.27. The van der Waals surface area contributed by atoms with E-state index in [2.05, 4.69) is 65.6 Å². The van der Waals surface area contributed by atoms with Crippen molar-refractivity contribution in [3.05, 3.63) is 35.9 Å². The van der Waals surface area contributed by atoms with Crippen molar-refractivity contribution in [3.8, 4) is 0 Å². The highest BCUT2D eigenvalue weighted by Gasteiger charge is 2.24. The van der Waals surface area contributed by atoms with Crippen LogP contribution in [0.15, 0.2) is 35.3 Å². The summed E-state index contributed by atoms with van der Waals surface area (Å²) in [6.45, 7) is 11.3. The Morgan fingerprint density at radius 3 is 2.42 bits per heavy atom. The molecule has 134 valence electrons. The Kier molecular flexibility index (Phi) is 7.53. The molecule has 2 unspecified atom stereocenters. The summed E-state index contributed by atoms with van der Waals surface area (Å²) in [7, 11) is 1.83. The topological polar surface area (TPSA) is 48.9 Å². The van der Waals surface area contributed by atoms with Crippen LogP contribution in [-0.4, -0.2) is 56.8 Å². The van der Waals surface area contributed by atoms with E-state index in [0.717, 1.165) is 38.8 Å². The number of morpholine rings is 1. The molecular formula is C19H32N4O. The van der Waals surface area contributed by atoms with Crippen LogP contribution in [0, 0.1) is 5.92 Å². The lowest BCUT2D eigenvalue weighted by atomic mass is 10.0. The molecule has 5 nitrogen and oxygen atoms in total. The van der Waals surface area contributed by atoms with Gasteiger partial charge in [0.25, 0.3) is 0 Å². The van der Waals surface area contributed by atoms with E-state index in [0.29, 0.717) is 12.0 Å². The van der Waals surface area contributed by atoms with Crippen LogP contribution < -0.4 is 10.6 Å². The van der Waals surface area contributed by atoms with Crippen LogP contribution in [0.4, 0.5) is 0 Å². The number of nitrogens with zero attached hydrogens (tertiary/aromatic N) is 2. The van der Waals surface area contributed by atoms with E-state index in [4.69, 9.17) is 4.74 Å². The van der Waals surface area contributed by atoms with Crippen LogP contribution >= 0.6 is 0 Å². The molecule has 0 bridgehead atoms. The largest absolute Gasteiger partial charge is 0.379 e. The highest BCUT2D eigenvalue weighted by molar-refractivity contribution is 5.80. The Balaban J connectivity index is 1.89. The van der Waals surface area contributed by atoms with Crippen molar-refractivity contribution in [2.75, 3.05) is 39.9 Å². The standard InChI is InChI=1S/C19H32N4O/c1-15(2)18(23-10-12-24-13-11-23)14-21-19(20-4)22-16(3)17-8-6-5-7-9-17/h5-9,15-16,18H,10-14H2,1-4H3,(H2,20,21,22). The van der Waals surface area contributed by atoms with Gasteiger partial charge < -0.3 is 15.4 Å². The Morgan fingerprint density at radius 2 is 1.83 bits per heavy atom. The minimum Gasteiger partial charge on any atom is -0.379 e. The van der Waals surface area contributed by atoms with Gasteiger partial charge in [-0.3, -0.25) is 9.89 Å². The molecule has 24 heavy (non-hydrogen) atoms. The normalized spacial score (nSPS) is 19.1. The lowest BCUT2D eigenvalue weighted by Crippen LogP contribution is -2.52. The van der Waals surface area contributed by atoms with E-state index in [-0.39, 0.29) is 6.04 Å². The molecule has 0 saturated carbocycles. The fraction of sp³-hybridized carbons (Fsp3) is 0.632. The summed E-state index contributed by atoms with van der Waals surface area (Å²) in [5.74, 6) is 1.44. The fourth-order valence-corrected chi connectivity index (χ4v) is 3.12. The molecule has 1 heterocycles. The second-order valence-corrected chi connectivity index (χ2v) is 6.69. The van der Waals surface area contributed by atoms with Crippen LogP contribution in [0.25, 0.3) is 0 Å². The second kappa shape index (κ2) is 9.64. The minimum absolute atomic E-state index is 0.221. The van der Waals surface area contributed by atoms with Gasteiger partial charge in [0.05, 0.1) is 19.3 Å². The highest BCUT2D eigenvalue weighted by atomic mass is 16.5. The summed E-state index contributed by atoms with van der Waals surface area (Å²) < 4.78 is 5.48. The van der Waals surface area contributed by atoms with Gasteiger partial charge in [0.15, 0.2) is 5.96 Å². The van der Waals surface area contributed by atoms with E-state index < -0.39 is 0 Å². The Morgan fingerprint density at radius 1 is 1.17 bits per heavy atom. The molecule has 0 aromatic heterocycles. The van der Waals surface area contributed by atoms with E-state index in [1.54, 1.807) is 0 Å². The molecule has 5 heteroatoms. The molecule has 2 rings (SSSR count). The quantitative estimate of drug-likeness (QED) is 0.620. The summed E-state index contributed by atoms with van der Waals surface area (Å²) in [6.07, 6.45) is 0. The van der Waals surface area contributed by atoms with Gasteiger partial charge in [0, 0.05) is 32.7 Å². The van der Waals surface area contributed by atoms with Crippen LogP contribution in [-0.2, 0) is 4.74 Å². The van der Waals surface area contributed by atoms with Gasteiger partial charge in [-0.05, 0) is 18.4 Å². The highest BCUT2D eigenvalue weighted by Crippen LogP contribution is 2.13. The van der Waals surface area contributed by atoms with Gasteiger partial charge in [0.2, 0.25) is 0 Å². The third-order valence-electron chi connectivity index (χ3n) is 4.64. The van der Waals surface area contributed by atoms with E-state index >= 15 is 0 Å². The SMILES string of the molecule is CN=C(NCC(C(C)C)N1CCOCC1)NC(C)c1ccccc1.